The topological polar surface area (TPSA) is 58.8 Å². The zero-order chi connectivity index (χ0) is 13.8. The number of hydrogen-bond acceptors (Lipinski definition) is 4. The van der Waals surface area contributed by atoms with E-state index < -0.39 is 0 Å². The standard InChI is InChI=1S/C15H12N4O/c20-15-10-13(17-14-8-4-5-9-19(14)15)18-16-11-12-6-2-1-3-7-12/h1-11,18H/b16-11+. The molecule has 2 aromatic heterocycles. The Kier molecular flexibility index (Phi) is 3.24. The zero-order valence-corrected chi connectivity index (χ0v) is 10.6. The van der Waals surface area contributed by atoms with Crippen LogP contribution in [0.2, 0.25) is 0 Å². The van der Waals surface area contributed by atoms with Gasteiger partial charge in [-0.15, -0.1) is 0 Å². The van der Waals surface area contributed by atoms with E-state index in [9.17, 15) is 4.79 Å². The monoisotopic (exact) mass is 264 g/mol. The van der Waals surface area contributed by atoms with Gasteiger partial charge in [0.25, 0.3) is 5.56 Å². The molecule has 0 saturated carbocycles. The lowest BCUT2D eigenvalue weighted by molar-refractivity contribution is 1.04. The Morgan fingerprint density at radius 3 is 2.75 bits per heavy atom. The Labute approximate surface area is 115 Å². The maximum absolute atomic E-state index is 11.9. The molecule has 0 spiro atoms. The summed E-state index contributed by atoms with van der Waals surface area (Å²) in [6.45, 7) is 0. The van der Waals surface area contributed by atoms with Crippen LogP contribution in [0, 0.1) is 0 Å². The summed E-state index contributed by atoms with van der Waals surface area (Å²) < 4.78 is 1.48. The summed E-state index contributed by atoms with van der Waals surface area (Å²) in [4.78, 5) is 16.2. The molecule has 20 heavy (non-hydrogen) atoms. The Hall–Kier alpha value is -2.95. The highest BCUT2D eigenvalue weighted by molar-refractivity contribution is 5.79. The summed E-state index contributed by atoms with van der Waals surface area (Å²) >= 11 is 0. The van der Waals surface area contributed by atoms with Crippen molar-refractivity contribution in [3.8, 4) is 0 Å². The van der Waals surface area contributed by atoms with Crippen molar-refractivity contribution in [3.05, 3.63) is 76.7 Å². The van der Waals surface area contributed by atoms with Gasteiger partial charge < -0.3 is 0 Å². The summed E-state index contributed by atoms with van der Waals surface area (Å²) in [6, 6.07) is 16.5. The second-order valence-corrected chi connectivity index (χ2v) is 4.19. The minimum atomic E-state index is -0.145. The van der Waals surface area contributed by atoms with Gasteiger partial charge in [0.1, 0.15) is 5.65 Å². The molecule has 0 amide bonds. The van der Waals surface area contributed by atoms with Gasteiger partial charge in [-0.25, -0.2) is 4.98 Å². The highest BCUT2D eigenvalue weighted by Gasteiger charge is 1.99. The van der Waals surface area contributed by atoms with Crippen LogP contribution in [0.5, 0.6) is 0 Å². The van der Waals surface area contributed by atoms with Gasteiger partial charge in [0.15, 0.2) is 5.82 Å². The van der Waals surface area contributed by atoms with E-state index in [-0.39, 0.29) is 5.56 Å². The zero-order valence-electron chi connectivity index (χ0n) is 10.6. The van der Waals surface area contributed by atoms with E-state index >= 15 is 0 Å². The molecule has 98 valence electrons. The van der Waals surface area contributed by atoms with Gasteiger partial charge in [0.2, 0.25) is 0 Å². The van der Waals surface area contributed by atoms with Crippen molar-refractivity contribution in [1.82, 2.24) is 9.38 Å². The molecule has 3 aromatic rings. The third-order valence-corrected chi connectivity index (χ3v) is 2.76. The van der Waals surface area contributed by atoms with Crippen LogP contribution in [-0.2, 0) is 0 Å². The Bertz CT molecular complexity index is 809. The van der Waals surface area contributed by atoms with E-state index in [0.717, 1.165) is 5.56 Å². The number of pyridine rings is 1. The molecule has 0 unspecified atom stereocenters. The van der Waals surface area contributed by atoms with Crippen LogP contribution >= 0.6 is 0 Å². The van der Waals surface area contributed by atoms with E-state index in [1.807, 2.05) is 36.4 Å². The van der Waals surface area contributed by atoms with Gasteiger partial charge >= 0.3 is 0 Å². The first-order valence-electron chi connectivity index (χ1n) is 6.15. The number of rotatable bonds is 3. The largest absolute Gasteiger partial charge is 0.269 e. The summed E-state index contributed by atoms with van der Waals surface area (Å²) in [5.74, 6) is 0.424. The number of aromatic nitrogens is 2. The minimum Gasteiger partial charge on any atom is -0.269 e. The molecule has 0 radical (unpaired) electrons. The first kappa shape index (κ1) is 12.1. The molecule has 0 fully saturated rings. The maximum Gasteiger partial charge on any atom is 0.260 e. The number of benzene rings is 1. The first-order valence-corrected chi connectivity index (χ1v) is 6.15. The van der Waals surface area contributed by atoms with Gasteiger partial charge in [-0.05, 0) is 17.7 Å². The predicted octanol–water partition coefficient (Wildman–Crippen LogP) is 2.14. The number of fused-ring (bicyclic) bond motifs is 1. The van der Waals surface area contributed by atoms with Crippen LogP contribution in [0.15, 0.2) is 70.7 Å². The number of hydrogen-bond donors (Lipinski definition) is 1. The Balaban J connectivity index is 1.85. The Morgan fingerprint density at radius 2 is 1.90 bits per heavy atom. The van der Waals surface area contributed by atoms with E-state index in [4.69, 9.17) is 0 Å². The molecule has 3 rings (SSSR count). The van der Waals surface area contributed by atoms with E-state index in [1.54, 1.807) is 24.5 Å². The predicted molar refractivity (Wildman–Crippen MR) is 79.1 cm³/mol. The van der Waals surface area contributed by atoms with Gasteiger partial charge in [0.05, 0.1) is 6.21 Å². The van der Waals surface area contributed by atoms with Gasteiger partial charge in [-0.3, -0.25) is 14.6 Å². The fourth-order valence-electron chi connectivity index (χ4n) is 1.82. The molecular formula is C15H12N4O. The minimum absolute atomic E-state index is 0.145. The Morgan fingerprint density at radius 1 is 1.10 bits per heavy atom. The number of anilines is 1. The second-order valence-electron chi connectivity index (χ2n) is 4.19. The van der Waals surface area contributed by atoms with Crippen molar-refractivity contribution >= 4 is 17.7 Å². The molecule has 0 bridgehead atoms. The van der Waals surface area contributed by atoms with Crippen molar-refractivity contribution in [1.29, 1.82) is 0 Å². The second kappa shape index (κ2) is 5.36. The summed E-state index contributed by atoms with van der Waals surface area (Å²) in [7, 11) is 0. The van der Waals surface area contributed by atoms with Gasteiger partial charge in [0, 0.05) is 12.3 Å². The average molecular weight is 264 g/mol. The normalized spacial score (nSPS) is 11.0. The molecule has 1 aromatic carbocycles. The summed E-state index contributed by atoms with van der Waals surface area (Å²) in [5, 5.41) is 4.07. The van der Waals surface area contributed by atoms with E-state index in [0.29, 0.717) is 11.5 Å². The SMILES string of the molecule is O=c1cc(N/N=C/c2ccccc2)nc2ccccn12. The molecular weight excluding hydrogens is 252 g/mol. The van der Waals surface area contributed by atoms with Crippen LogP contribution < -0.4 is 11.0 Å². The number of nitrogens with zero attached hydrogens (tertiary/aromatic N) is 3. The lowest BCUT2D eigenvalue weighted by Crippen LogP contribution is -2.14. The molecule has 0 aliphatic rings. The lowest BCUT2D eigenvalue weighted by Gasteiger charge is -2.02. The molecule has 0 aliphatic carbocycles. The van der Waals surface area contributed by atoms with Gasteiger partial charge in [-0.2, -0.15) is 5.10 Å². The fraction of sp³-hybridized carbons (Fsp3) is 0. The molecule has 5 nitrogen and oxygen atoms in total. The van der Waals surface area contributed by atoms with Crippen LogP contribution in [-0.4, -0.2) is 15.6 Å². The van der Waals surface area contributed by atoms with Crippen molar-refractivity contribution in [2.75, 3.05) is 5.43 Å². The van der Waals surface area contributed by atoms with Crippen LogP contribution in [0.3, 0.4) is 0 Å². The summed E-state index contributed by atoms with van der Waals surface area (Å²) in [6.07, 6.45) is 3.36. The molecule has 0 saturated heterocycles. The molecule has 1 N–H and O–H groups in total. The van der Waals surface area contributed by atoms with Crippen LogP contribution in [0.4, 0.5) is 5.82 Å². The average Bonchev–Trinajstić information content (AvgIpc) is 2.48. The first-order chi connectivity index (χ1) is 9.83. The van der Waals surface area contributed by atoms with Crippen LogP contribution in [0.1, 0.15) is 5.56 Å². The van der Waals surface area contributed by atoms with Crippen molar-refractivity contribution < 1.29 is 0 Å². The van der Waals surface area contributed by atoms with E-state index in [1.165, 1.54) is 10.5 Å². The maximum atomic E-state index is 11.9. The number of nitrogens with one attached hydrogen (secondary N) is 1. The quantitative estimate of drug-likeness (QED) is 0.582. The third kappa shape index (κ3) is 2.56. The molecule has 5 heteroatoms. The van der Waals surface area contributed by atoms with Gasteiger partial charge in [-0.1, -0.05) is 36.4 Å². The fourth-order valence-corrected chi connectivity index (χ4v) is 1.82. The van der Waals surface area contributed by atoms with Crippen molar-refractivity contribution in [3.63, 3.8) is 0 Å². The number of hydrazone groups is 1. The highest BCUT2D eigenvalue weighted by Crippen LogP contribution is 2.03. The molecule has 2 heterocycles. The highest BCUT2D eigenvalue weighted by atomic mass is 16.1. The van der Waals surface area contributed by atoms with Crippen molar-refractivity contribution in [2.24, 2.45) is 5.10 Å². The third-order valence-electron chi connectivity index (χ3n) is 2.76. The smallest absolute Gasteiger partial charge is 0.260 e. The molecule has 0 aliphatic heterocycles. The van der Waals surface area contributed by atoms with Crippen LogP contribution in [0.25, 0.3) is 5.65 Å². The summed E-state index contributed by atoms with van der Waals surface area (Å²) in [5.41, 5.74) is 4.18. The lowest BCUT2D eigenvalue weighted by atomic mass is 10.2. The molecule has 0 atom stereocenters. The van der Waals surface area contributed by atoms with Crippen molar-refractivity contribution in [2.45, 2.75) is 0 Å². The van der Waals surface area contributed by atoms with E-state index in [2.05, 4.69) is 15.5 Å².